The molecule has 2 fully saturated rings. The highest BCUT2D eigenvalue weighted by Crippen LogP contribution is 2.34. The summed E-state index contributed by atoms with van der Waals surface area (Å²) in [6, 6.07) is 3.70. The lowest BCUT2D eigenvalue weighted by molar-refractivity contribution is -0.123. The summed E-state index contributed by atoms with van der Waals surface area (Å²) in [7, 11) is 0. The first-order chi connectivity index (χ1) is 16.8. The molecule has 186 valence electrons. The van der Waals surface area contributed by atoms with Crippen LogP contribution in [0.4, 0.5) is 5.82 Å². The van der Waals surface area contributed by atoms with E-state index >= 15 is 0 Å². The van der Waals surface area contributed by atoms with Crippen molar-refractivity contribution in [3.05, 3.63) is 44.7 Å². The van der Waals surface area contributed by atoms with Gasteiger partial charge >= 0.3 is 0 Å². The van der Waals surface area contributed by atoms with Crippen molar-refractivity contribution in [3.63, 3.8) is 0 Å². The SMILES string of the molecule is CCOCCCN1C(=O)C(=Cc2c(N3CCC(C(N)=O)CC3)nc3ccc(C)cn3c2=O)SC1=S. The standard InChI is InChI=1S/C24H29N5O4S2/c1-3-33-12-4-9-28-23(32)18(35-24(28)34)13-17-21(27-10-7-16(8-11-27)20(25)30)26-19-6-5-15(2)14-29(19)22(17)31/h5-6,13-14,16H,3-4,7-12H2,1-2H3,(H2,25,30). The van der Waals surface area contributed by atoms with Crippen LogP contribution in [-0.2, 0) is 14.3 Å². The van der Waals surface area contributed by atoms with Gasteiger partial charge in [0.2, 0.25) is 5.91 Å². The largest absolute Gasteiger partial charge is 0.382 e. The maximum absolute atomic E-state index is 13.6. The number of aryl methyl sites for hydroxylation is 1. The van der Waals surface area contributed by atoms with E-state index in [1.807, 2.05) is 24.8 Å². The minimum atomic E-state index is -0.306. The second-order valence-electron chi connectivity index (χ2n) is 8.64. The number of thioether (sulfide) groups is 1. The van der Waals surface area contributed by atoms with Gasteiger partial charge in [0.15, 0.2) is 0 Å². The second kappa shape index (κ2) is 10.9. The Labute approximate surface area is 213 Å². The summed E-state index contributed by atoms with van der Waals surface area (Å²) in [4.78, 5) is 47.1. The van der Waals surface area contributed by atoms with Crippen LogP contribution in [0.25, 0.3) is 11.7 Å². The number of amides is 2. The van der Waals surface area contributed by atoms with E-state index in [9.17, 15) is 14.4 Å². The molecule has 11 heteroatoms. The van der Waals surface area contributed by atoms with E-state index in [1.54, 1.807) is 23.2 Å². The molecule has 2 amide bonds. The van der Waals surface area contributed by atoms with Crippen LogP contribution < -0.4 is 16.2 Å². The molecule has 0 unspecified atom stereocenters. The normalized spacial score (nSPS) is 18.3. The van der Waals surface area contributed by atoms with Gasteiger partial charge in [-0.05, 0) is 50.8 Å². The number of aromatic nitrogens is 2. The highest BCUT2D eigenvalue weighted by atomic mass is 32.2. The first-order valence-electron chi connectivity index (χ1n) is 11.7. The Bertz CT molecular complexity index is 1250. The molecule has 0 atom stereocenters. The predicted molar refractivity (Wildman–Crippen MR) is 141 cm³/mol. The zero-order valence-electron chi connectivity index (χ0n) is 19.9. The summed E-state index contributed by atoms with van der Waals surface area (Å²) in [6.45, 7) is 6.55. The molecule has 35 heavy (non-hydrogen) atoms. The number of ether oxygens (including phenoxy) is 1. The van der Waals surface area contributed by atoms with Crippen LogP contribution in [0, 0.1) is 12.8 Å². The van der Waals surface area contributed by atoms with E-state index in [0.717, 1.165) is 5.56 Å². The van der Waals surface area contributed by atoms with Crippen molar-refractivity contribution in [2.45, 2.75) is 33.1 Å². The molecule has 2 saturated heterocycles. The molecule has 2 aliphatic heterocycles. The summed E-state index contributed by atoms with van der Waals surface area (Å²) in [5.74, 6) is -0.209. The topological polar surface area (TPSA) is 110 Å². The molecule has 0 aliphatic carbocycles. The number of thiocarbonyl (C=S) groups is 1. The van der Waals surface area contributed by atoms with Crippen molar-refractivity contribution < 1.29 is 14.3 Å². The molecule has 2 N–H and O–H groups in total. The number of carbonyl (C=O) groups is 2. The van der Waals surface area contributed by atoms with Crippen LogP contribution in [0.1, 0.15) is 37.3 Å². The number of primary amides is 1. The molecule has 9 nitrogen and oxygen atoms in total. The Morgan fingerprint density at radius 2 is 2.06 bits per heavy atom. The van der Waals surface area contributed by atoms with E-state index in [0.29, 0.717) is 78.4 Å². The number of piperidine rings is 1. The fourth-order valence-corrected chi connectivity index (χ4v) is 5.57. The number of hydrogen-bond acceptors (Lipinski definition) is 8. The van der Waals surface area contributed by atoms with Crippen LogP contribution in [0.2, 0.25) is 0 Å². The van der Waals surface area contributed by atoms with Gasteiger partial charge in [-0.3, -0.25) is 23.7 Å². The quantitative estimate of drug-likeness (QED) is 0.324. The molecule has 4 heterocycles. The van der Waals surface area contributed by atoms with Gasteiger partial charge < -0.3 is 15.4 Å². The maximum atomic E-state index is 13.6. The predicted octanol–water partition coefficient (Wildman–Crippen LogP) is 2.33. The minimum Gasteiger partial charge on any atom is -0.382 e. The van der Waals surface area contributed by atoms with Gasteiger partial charge in [-0.2, -0.15) is 0 Å². The van der Waals surface area contributed by atoms with Crippen molar-refractivity contribution in [1.82, 2.24) is 14.3 Å². The second-order valence-corrected chi connectivity index (χ2v) is 10.3. The van der Waals surface area contributed by atoms with Gasteiger partial charge in [-0.15, -0.1) is 0 Å². The van der Waals surface area contributed by atoms with Crippen molar-refractivity contribution in [2.24, 2.45) is 11.7 Å². The van der Waals surface area contributed by atoms with Crippen LogP contribution in [0.15, 0.2) is 28.0 Å². The van der Waals surface area contributed by atoms with Crippen molar-refractivity contribution >= 4 is 57.7 Å². The summed E-state index contributed by atoms with van der Waals surface area (Å²) < 4.78 is 7.34. The smallest absolute Gasteiger partial charge is 0.267 e. The number of fused-ring (bicyclic) bond motifs is 1. The lowest BCUT2D eigenvalue weighted by Gasteiger charge is -2.32. The van der Waals surface area contributed by atoms with E-state index in [4.69, 9.17) is 27.7 Å². The van der Waals surface area contributed by atoms with Gasteiger partial charge in [0, 0.05) is 45.0 Å². The van der Waals surface area contributed by atoms with Gasteiger partial charge in [-0.25, -0.2) is 4.98 Å². The zero-order valence-corrected chi connectivity index (χ0v) is 21.5. The Kier molecular flexibility index (Phi) is 7.88. The van der Waals surface area contributed by atoms with Crippen molar-refractivity contribution in [3.8, 4) is 0 Å². The molecule has 0 saturated carbocycles. The van der Waals surface area contributed by atoms with E-state index in [2.05, 4.69) is 0 Å². The number of nitrogens with two attached hydrogens (primary N) is 1. The Morgan fingerprint density at radius 1 is 1.31 bits per heavy atom. The first-order valence-corrected chi connectivity index (χ1v) is 12.9. The van der Waals surface area contributed by atoms with Crippen molar-refractivity contribution in [1.29, 1.82) is 0 Å². The third-order valence-electron chi connectivity index (χ3n) is 6.21. The molecule has 2 aliphatic rings. The lowest BCUT2D eigenvalue weighted by Crippen LogP contribution is -2.40. The molecule has 0 spiro atoms. The van der Waals surface area contributed by atoms with Crippen LogP contribution in [0.5, 0.6) is 0 Å². The van der Waals surface area contributed by atoms with E-state index < -0.39 is 0 Å². The Balaban J connectivity index is 1.71. The molecule has 4 rings (SSSR count). The van der Waals surface area contributed by atoms with E-state index in [-0.39, 0.29) is 23.3 Å². The van der Waals surface area contributed by atoms with Gasteiger partial charge in [0.25, 0.3) is 11.5 Å². The highest BCUT2D eigenvalue weighted by molar-refractivity contribution is 8.26. The average molecular weight is 516 g/mol. The molecule has 2 aromatic heterocycles. The van der Waals surface area contributed by atoms with Crippen LogP contribution >= 0.6 is 24.0 Å². The Morgan fingerprint density at radius 3 is 2.74 bits per heavy atom. The summed E-state index contributed by atoms with van der Waals surface area (Å²) in [5.41, 5.74) is 7.01. The number of rotatable bonds is 8. The van der Waals surface area contributed by atoms with Gasteiger partial charge in [-0.1, -0.05) is 30.0 Å². The zero-order chi connectivity index (χ0) is 25.1. The maximum Gasteiger partial charge on any atom is 0.267 e. The molecule has 0 aromatic carbocycles. The lowest BCUT2D eigenvalue weighted by atomic mass is 9.96. The van der Waals surface area contributed by atoms with Crippen molar-refractivity contribution in [2.75, 3.05) is 37.7 Å². The number of nitrogens with zero attached hydrogens (tertiary/aromatic N) is 4. The first kappa shape index (κ1) is 25.3. The molecular weight excluding hydrogens is 486 g/mol. The Hall–Kier alpha value is -2.76. The third kappa shape index (κ3) is 5.41. The van der Waals surface area contributed by atoms with E-state index in [1.165, 1.54) is 16.2 Å². The van der Waals surface area contributed by atoms with Gasteiger partial charge in [0.05, 0.1) is 10.5 Å². The fourth-order valence-electron chi connectivity index (χ4n) is 4.28. The molecule has 0 bridgehead atoms. The van der Waals surface area contributed by atoms with Crippen LogP contribution in [-0.4, -0.2) is 63.3 Å². The fraction of sp³-hybridized carbons (Fsp3) is 0.458. The molecule has 0 radical (unpaired) electrons. The third-order valence-corrected chi connectivity index (χ3v) is 7.58. The number of hydrogen-bond donors (Lipinski definition) is 1. The average Bonchev–Trinajstić information content (AvgIpc) is 3.11. The summed E-state index contributed by atoms with van der Waals surface area (Å²) >= 11 is 6.63. The number of pyridine rings is 1. The summed E-state index contributed by atoms with van der Waals surface area (Å²) in [5, 5.41) is 0. The molecule has 2 aromatic rings. The molecular formula is C24H29N5O4S2. The van der Waals surface area contributed by atoms with Crippen LogP contribution in [0.3, 0.4) is 0 Å². The minimum absolute atomic E-state index is 0.188. The monoisotopic (exact) mass is 515 g/mol. The number of carbonyl (C=O) groups excluding carboxylic acids is 2. The summed E-state index contributed by atoms with van der Waals surface area (Å²) in [6.07, 6.45) is 5.20. The number of anilines is 1. The van der Waals surface area contributed by atoms with Gasteiger partial charge in [0.1, 0.15) is 15.8 Å². The highest BCUT2D eigenvalue weighted by Gasteiger charge is 2.33.